The fourth-order valence-corrected chi connectivity index (χ4v) is 2.96. The molecule has 3 rings (SSSR count). The molecule has 0 amide bonds. The van der Waals surface area contributed by atoms with E-state index in [-0.39, 0.29) is 5.82 Å². The van der Waals surface area contributed by atoms with Crippen LogP contribution in [-0.4, -0.2) is 29.1 Å². The zero-order valence-corrected chi connectivity index (χ0v) is 15.2. The van der Waals surface area contributed by atoms with E-state index in [0.29, 0.717) is 18.1 Å². The number of rotatable bonds is 6. The SMILES string of the molecule is CN=C(NCCCn1c(C)nc2ccccc21)NCc1ccccc1F. The maximum absolute atomic E-state index is 13.7. The number of aromatic nitrogens is 2. The molecule has 1 heterocycles. The lowest BCUT2D eigenvalue weighted by Crippen LogP contribution is -2.37. The zero-order chi connectivity index (χ0) is 18.4. The third-order valence-corrected chi connectivity index (χ3v) is 4.32. The summed E-state index contributed by atoms with van der Waals surface area (Å²) in [6.07, 6.45) is 0.932. The summed E-state index contributed by atoms with van der Waals surface area (Å²) in [7, 11) is 1.71. The van der Waals surface area contributed by atoms with Crippen LogP contribution >= 0.6 is 0 Å². The minimum Gasteiger partial charge on any atom is -0.356 e. The quantitative estimate of drug-likeness (QED) is 0.406. The molecule has 0 radical (unpaired) electrons. The van der Waals surface area contributed by atoms with E-state index >= 15 is 0 Å². The Bertz CT molecular complexity index is 900. The largest absolute Gasteiger partial charge is 0.356 e. The summed E-state index contributed by atoms with van der Waals surface area (Å²) in [6, 6.07) is 14.9. The van der Waals surface area contributed by atoms with Crippen molar-refractivity contribution in [3.63, 3.8) is 0 Å². The molecule has 0 bridgehead atoms. The number of hydrogen-bond acceptors (Lipinski definition) is 2. The lowest BCUT2D eigenvalue weighted by Gasteiger charge is -2.13. The minimum absolute atomic E-state index is 0.210. The van der Waals surface area contributed by atoms with Gasteiger partial charge in [-0.15, -0.1) is 0 Å². The zero-order valence-electron chi connectivity index (χ0n) is 15.2. The summed E-state index contributed by atoms with van der Waals surface area (Å²) in [5, 5.41) is 6.41. The van der Waals surface area contributed by atoms with Crippen LogP contribution in [0, 0.1) is 12.7 Å². The van der Waals surface area contributed by atoms with Crippen molar-refractivity contribution in [2.75, 3.05) is 13.6 Å². The van der Waals surface area contributed by atoms with Crippen LogP contribution in [-0.2, 0) is 13.1 Å². The average Bonchev–Trinajstić information content (AvgIpc) is 2.97. The van der Waals surface area contributed by atoms with Crippen molar-refractivity contribution < 1.29 is 4.39 Å². The molecule has 6 heteroatoms. The Hall–Kier alpha value is -2.89. The van der Waals surface area contributed by atoms with Crippen LogP contribution in [0.15, 0.2) is 53.5 Å². The lowest BCUT2D eigenvalue weighted by molar-refractivity contribution is 0.601. The number of aliphatic imine (C=N–C) groups is 1. The minimum atomic E-state index is -0.210. The summed E-state index contributed by atoms with van der Waals surface area (Å²) >= 11 is 0. The molecule has 0 aliphatic heterocycles. The van der Waals surface area contributed by atoms with Crippen molar-refractivity contribution in [2.24, 2.45) is 4.99 Å². The van der Waals surface area contributed by atoms with Crippen molar-refractivity contribution in [3.05, 3.63) is 65.7 Å². The van der Waals surface area contributed by atoms with Crippen LogP contribution < -0.4 is 10.6 Å². The Morgan fingerprint density at radius 2 is 1.88 bits per heavy atom. The van der Waals surface area contributed by atoms with E-state index in [1.54, 1.807) is 19.2 Å². The Morgan fingerprint density at radius 1 is 1.12 bits per heavy atom. The monoisotopic (exact) mass is 353 g/mol. The topological polar surface area (TPSA) is 54.2 Å². The van der Waals surface area contributed by atoms with Crippen LogP contribution in [0.5, 0.6) is 0 Å². The molecule has 26 heavy (non-hydrogen) atoms. The number of imidazole rings is 1. The van der Waals surface area contributed by atoms with E-state index in [9.17, 15) is 4.39 Å². The second kappa shape index (κ2) is 8.47. The first-order valence-corrected chi connectivity index (χ1v) is 8.79. The second-order valence-corrected chi connectivity index (χ2v) is 6.10. The van der Waals surface area contributed by atoms with Gasteiger partial charge in [0, 0.05) is 32.2 Å². The maximum atomic E-state index is 13.7. The molecule has 0 spiro atoms. The van der Waals surface area contributed by atoms with Gasteiger partial charge in [-0.05, 0) is 31.5 Å². The third-order valence-electron chi connectivity index (χ3n) is 4.32. The molecule has 0 fully saturated rings. The Labute approximate surface area is 153 Å². The molecule has 2 aromatic carbocycles. The first-order chi connectivity index (χ1) is 12.7. The lowest BCUT2D eigenvalue weighted by atomic mass is 10.2. The van der Waals surface area contributed by atoms with E-state index in [2.05, 4.69) is 31.2 Å². The van der Waals surface area contributed by atoms with Gasteiger partial charge in [0.05, 0.1) is 11.0 Å². The highest BCUT2D eigenvalue weighted by Crippen LogP contribution is 2.15. The first kappa shape index (κ1) is 17.9. The fraction of sp³-hybridized carbons (Fsp3) is 0.300. The van der Waals surface area contributed by atoms with Crippen LogP contribution in [0.2, 0.25) is 0 Å². The van der Waals surface area contributed by atoms with Crippen molar-refractivity contribution in [3.8, 4) is 0 Å². The number of benzene rings is 2. The normalized spacial score (nSPS) is 11.7. The van der Waals surface area contributed by atoms with E-state index < -0.39 is 0 Å². The number of hydrogen-bond donors (Lipinski definition) is 2. The summed E-state index contributed by atoms with van der Waals surface area (Å²) in [6.45, 7) is 4.08. The standard InChI is InChI=1S/C20H24FN5/c1-15-25-18-10-5-6-11-19(18)26(15)13-7-12-23-20(22-2)24-14-16-8-3-4-9-17(16)21/h3-6,8-11H,7,12-14H2,1-2H3,(H2,22,23,24). The second-order valence-electron chi connectivity index (χ2n) is 6.10. The van der Waals surface area contributed by atoms with Gasteiger partial charge in [0.15, 0.2) is 5.96 Å². The molecule has 0 unspecified atom stereocenters. The molecule has 2 N–H and O–H groups in total. The molecule has 0 saturated carbocycles. The van der Waals surface area contributed by atoms with Gasteiger partial charge in [-0.1, -0.05) is 30.3 Å². The van der Waals surface area contributed by atoms with Crippen molar-refractivity contribution in [1.82, 2.24) is 20.2 Å². The van der Waals surface area contributed by atoms with Gasteiger partial charge < -0.3 is 15.2 Å². The van der Waals surface area contributed by atoms with E-state index in [0.717, 1.165) is 36.4 Å². The summed E-state index contributed by atoms with van der Waals surface area (Å²) in [5.41, 5.74) is 2.81. The number of halogens is 1. The number of aryl methyl sites for hydroxylation is 2. The smallest absolute Gasteiger partial charge is 0.191 e. The summed E-state index contributed by atoms with van der Waals surface area (Å²) < 4.78 is 15.9. The highest BCUT2D eigenvalue weighted by molar-refractivity contribution is 5.79. The molecule has 3 aromatic rings. The number of nitrogens with zero attached hydrogens (tertiary/aromatic N) is 3. The Kier molecular flexibility index (Phi) is 5.84. The average molecular weight is 353 g/mol. The molecule has 0 aliphatic carbocycles. The van der Waals surface area contributed by atoms with Gasteiger partial charge >= 0.3 is 0 Å². The Balaban J connectivity index is 1.49. The fourth-order valence-electron chi connectivity index (χ4n) is 2.96. The van der Waals surface area contributed by atoms with Crippen LogP contribution in [0.4, 0.5) is 4.39 Å². The molecule has 5 nitrogen and oxygen atoms in total. The predicted molar refractivity (Wildman–Crippen MR) is 104 cm³/mol. The molecular formula is C20H24FN5. The van der Waals surface area contributed by atoms with E-state index in [1.807, 2.05) is 31.2 Å². The number of nitrogens with one attached hydrogen (secondary N) is 2. The van der Waals surface area contributed by atoms with Gasteiger partial charge in [0.2, 0.25) is 0 Å². The van der Waals surface area contributed by atoms with E-state index in [1.165, 1.54) is 6.07 Å². The van der Waals surface area contributed by atoms with Crippen molar-refractivity contribution in [1.29, 1.82) is 0 Å². The van der Waals surface area contributed by atoms with Crippen LogP contribution in [0.1, 0.15) is 17.8 Å². The molecule has 0 aliphatic rings. The van der Waals surface area contributed by atoms with Crippen LogP contribution in [0.3, 0.4) is 0 Å². The van der Waals surface area contributed by atoms with Gasteiger partial charge in [-0.2, -0.15) is 0 Å². The molecule has 136 valence electrons. The maximum Gasteiger partial charge on any atom is 0.191 e. The van der Waals surface area contributed by atoms with Gasteiger partial charge in [0.25, 0.3) is 0 Å². The highest BCUT2D eigenvalue weighted by Gasteiger charge is 2.06. The number of para-hydroxylation sites is 2. The molecule has 1 aromatic heterocycles. The molecular weight excluding hydrogens is 329 g/mol. The van der Waals surface area contributed by atoms with Crippen molar-refractivity contribution in [2.45, 2.75) is 26.4 Å². The Morgan fingerprint density at radius 3 is 2.69 bits per heavy atom. The third kappa shape index (κ3) is 4.20. The first-order valence-electron chi connectivity index (χ1n) is 8.79. The highest BCUT2D eigenvalue weighted by atomic mass is 19.1. The number of guanidine groups is 1. The van der Waals surface area contributed by atoms with Crippen molar-refractivity contribution >= 4 is 17.0 Å². The van der Waals surface area contributed by atoms with Gasteiger partial charge in [-0.3, -0.25) is 4.99 Å². The van der Waals surface area contributed by atoms with Crippen LogP contribution in [0.25, 0.3) is 11.0 Å². The summed E-state index contributed by atoms with van der Waals surface area (Å²) in [5.74, 6) is 1.48. The molecule has 0 saturated heterocycles. The van der Waals surface area contributed by atoms with Gasteiger partial charge in [-0.25, -0.2) is 9.37 Å². The predicted octanol–water partition coefficient (Wildman–Crippen LogP) is 3.24. The van der Waals surface area contributed by atoms with E-state index in [4.69, 9.17) is 0 Å². The molecule has 0 atom stereocenters. The van der Waals surface area contributed by atoms with Gasteiger partial charge in [0.1, 0.15) is 11.6 Å². The number of fused-ring (bicyclic) bond motifs is 1. The summed E-state index contributed by atoms with van der Waals surface area (Å²) in [4.78, 5) is 8.77.